The highest BCUT2D eigenvalue weighted by Crippen LogP contribution is 2.33. The highest BCUT2D eigenvalue weighted by molar-refractivity contribution is 8.26. The molecule has 31 heavy (non-hydrogen) atoms. The van der Waals surface area contributed by atoms with Crippen LogP contribution < -0.4 is 9.64 Å². The standard InChI is InChI=1S/C24H24N2O3S2/c1-29-19-10-4-7-17(15-19)16-21-23(28)26(24(30)31-21)14-6-12-22(27)25-13-5-9-18-8-2-3-11-20(18)25/h2-4,7-8,10-11,15-16H,5-6,9,12-14H2,1H3/b21-16-. The van der Waals surface area contributed by atoms with E-state index >= 15 is 0 Å². The molecule has 0 saturated carbocycles. The summed E-state index contributed by atoms with van der Waals surface area (Å²) in [5.74, 6) is 0.736. The normalized spacial score (nSPS) is 17.3. The summed E-state index contributed by atoms with van der Waals surface area (Å²) < 4.78 is 5.78. The first kappa shape index (κ1) is 21.6. The van der Waals surface area contributed by atoms with Gasteiger partial charge in [-0.05, 0) is 54.7 Å². The summed E-state index contributed by atoms with van der Waals surface area (Å²) in [4.78, 5) is 29.7. The zero-order valence-electron chi connectivity index (χ0n) is 17.4. The first-order valence-electron chi connectivity index (χ1n) is 10.3. The van der Waals surface area contributed by atoms with Crippen molar-refractivity contribution in [3.63, 3.8) is 0 Å². The minimum Gasteiger partial charge on any atom is -0.497 e. The Morgan fingerprint density at radius 2 is 2.06 bits per heavy atom. The Morgan fingerprint density at radius 3 is 2.90 bits per heavy atom. The molecule has 2 amide bonds. The van der Waals surface area contributed by atoms with E-state index in [4.69, 9.17) is 17.0 Å². The van der Waals surface area contributed by atoms with Crippen LogP contribution in [0.4, 0.5) is 5.69 Å². The number of hydrogen-bond acceptors (Lipinski definition) is 5. The summed E-state index contributed by atoms with van der Waals surface area (Å²) in [6.07, 6.45) is 4.79. The van der Waals surface area contributed by atoms with Crippen LogP contribution in [0.15, 0.2) is 53.4 Å². The molecule has 0 atom stereocenters. The van der Waals surface area contributed by atoms with Gasteiger partial charge in [0.1, 0.15) is 10.1 Å². The van der Waals surface area contributed by atoms with Crippen LogP contribution in [0.1, 0.15) is 30.4 Å². The molecule has 2 heterocycles. The average Bonchev–Trinajstić information content (AvgIpc) is 3.06. The SMILES string of the molecule is COc1cccc(/C=C2\SC(=S)N(CCCC(=O)N3CCCc4ccccc43)C2=O)c1. The van der Waals surface area contributed by atoms with E-state index in [9.17, 15) is 9.59 Å². The number of anilines is 1. The number of para-hydroxylation sites is 1. The van der Waals surface area contributed by atoms with Crippen molar-refractivity contribution in [1.29, 1.82) is 0 Å². The number of nitrogens with zero attached hydrogens (tertiary/aromatic N) is 2. The number of hydrogen-bond donors (Lipinski definition) is 0. The summed E-state index contributed by atoms with van der Waals surface area (Å²) in [5.41, 5.74) is 3.13. The van der Waals surface area contributed by atoms with Gasteiger partial charge < -0.3 is 9.64 Å². The summed E-state index contributed by atoms with van der Waals surface area (Å²) in [6, 6.07) is 15.6. The summed E-state index contributed by atoms with van der Waals surface area (Å²) in [6.45, 7) is 1.20. The fourth-order valence-electron chi connectivity index (χ4n) is 3.89. The van der Waals surface area contributed by atoms with Gasteiger partial charge >= 0.3 is 0 Å². The lowest BCUT2D eigenvalue weighted by Crippen LogP contribution is -2.36. The zero-order chi connectivity index (χ0) is 21.8. The molecule has 2 aromatic rings. The number of carbonyl (C=O) groups is 2. The van der Waals surface area contributed by atoms with Crippen molar-refractivity contribution in [3.05, 3.63) is 64.6 Å². The van der Waals surface area contributed by atoms with Gasteiger partial charge in [-0.1, -0.05) is 54.3 Å². The molecule has 0 N–H and O–H groups in total. The third kappa shape index (κ3) is 4.83. The predicted octanol–water partition coefficient (Wildman–Crippen LogP) is 4.66. The minimum atomic E-state index is -0.103. The Morgan fingerprint density at radius 1 is 1.23 bits per heavy atom. The number of amides is 2. The number of thiocarbonyl (C=S) groups is 1. The third-order valence-electron chi connectivity index (χ3n) is 5.45. The van der Waals surface area contributed by atoms with Crippen LogP contribution in [0.25, 0.3) is 6.08 Å². The molecule has 1 saturated heterocycles. The molecule has 4 rings (SSSR count). The highest BCUT2D eigenvalue weighted by Gasteiger charge is 2.32. The zero-order valence-corrected chi connectivity index (χ0v) is 19.0. The highest BCUT2D eigenvalue weighted by atomic mass is 32.2. The van der Waals surface area contributed by atoms with Gasteiger partial charge in [-0.15, -0.1) is 0 Å². The van der Waals surface area contributed by atoms with Gasteiger partial charge in [0.2, 0.25) is 5.91 Å². The maximum atomic E-state index is 12.8. The molecule has 0 radical (unpaired) electrons. The van der Waals surface area contributed by atoms with Crippen LogP contribution in [0.2, 0.25) is 0 Å². The lowest BCUT2D eigenvalue weighted by atomic mass is 10.0. The van der Waals surface area contributed by atoms with E-state index in [1.807, 2.05) is 53.4 Å². The molecular formula is C24H24N2O3S2. The smallest absolute Gasteiger partial charge is 0.266 e. The van der Waals surface area contributed by atoms with Crippen molar-refractivity contribution in [2.45, 2.75) is 25.7 Å². The van der Waals surface area contributed by atoms with Gasteiger partial charge in [-0.2, -0.15) is 0 Å². The molecule has 0 spiro atoms. The molecule has 2 aromatic carbocycles. The van der Waals surface area contributed by atoms with Crippen molar-refractivity contribution >= 4 is 51.9 Å². The quantitative estimate of drug-likeness (QED) is 0.471. The largest absolute Gasteiger partial charge is 0.497 e. The van der Waals surface area contributed by atoms with Crippen molar-refractivity contribution < 1.29 is 14.3 Å². The van der Waals surface area contributed by atoms with Gasteiger partial charge in [0.25, 0.3) is 5.91 Å². The maximum absolute atomic E-state index is 12.8. The Labute approximate surface area is 192 Å². The summed E-state index contributed by atoms with van der Waals surface area (Å²) in [7, 11) is 1.61. The predicted molar refractivity (Wildman–Crippen MR) is 129 cm³/mol. The van der Waals surface area contributed by atoms with E-state index in [-0.39, 0.29) is 11.8 Å². The molecule has 0 aromatic heterocycles. The van der Waals surface area contributed by atoms with Gasteiger partial charge in [-0.3, -0.25) is 14.5 Å². The number of thioether (sulfide) groups is 1. The summed E-state index contributed by atoms with van der Waals surface area (Å²) in [5, 5.41) is 0. The molecule has 2 aliphatic heterocycles. The molecule has 5 nitrogen and oxygen atoms in total. The number of carbonyl (C=O) groups excluding carboxylic acids is 2. The molecular weight excluding hydrogens is 428 g/mol. The Hall–Kier alpha value is -2.64. The van der Waals surface area contributed by atoms with E-state index in [0.29, 0.717) is 28.6 Å². The Bertz CT molecular complexity index is 1050. The second-order valence-corrected chi connectivity index (χ2v) is 9.17. The number of methoxy groups -OCH3 is 1. The molecule has 160 valence electrons. The van der Waals surface area contributed by atoms with Gasteiger partial charge in [-0.25, -0.2) is 0 Å². The average molecular weight is 453 g/mol. The van der Waals surface area contributed by atoms with Crippen LogP contribution in [-0.4, -0.2) is 41.2 Å². The van der Waals surface area contributed by atoms with Crippen molar-refractivity contribution in [2.24, 2.45) is 0 Å². The third-order valence-corrected chi connectivity index (χ3v) is 6.83. The lowest BCUT2D eigenvalue weighted by Gasteiger charge is -2.29. The number of fused-ring (bicyclic) bond motifs is 1. The monoisotopic (exact) mass is 452 g/mol. The molecule has 0 bridgehead atoms. The Kier molecular flexibility index (Phi) is 6.73. The van der Waals surface area contributed by atoms with Gasteiger partial charge in [0.05, 0.1) is 12.0 Å². The van der Waals surface area contributed by atoms with Crippen molar-refractivity contribution in [2.75, 3.05) is 25.1 Å². The van der Waals surface area contributed by atoms with Gasteiger partial charge in [0.15, 0.2) is 0 Å². The fraction of sp³-hybridized carbons (Fsp3) is 0.292. The second kappa shape index (κ2) is 9.66. The van der Waals surface area contributed by atoms with Gasteiger partial charge in [0, 0.05) is 25.2 Å². The van der Waals surface area contributed by atoms with E-state index in [1.165, 1.54) is 17.3 Å². The lowest BCUT2D eigenvalue weighted by molar-refractivity contribution is -0.123. The van der Waals surface area contributed by atoms with Crippen molar-refractivity contribution in [1.82, 2.24) is 4.90 Å². The molecule has 7 heteroatoms. The van der Waals surface area contributed by atoms with Crippen LogP contribution >= 0.6 is 24.0 Å². The summed E-state index contributed by atoms with van der Waals surface area (Å²) >= 11 is 6.72. The first-order valence-corrected chi connectivity index (χ1v) is 11.6. The topological polar surface area (TPSA) is 49.9 Å². The van der Waals surface area contributed by atoms with Crippen LogP contribution in [0.5, 0.6) is 5.75 Å². The van der Waals surface area contributed by atoms with Crippen LogP contribution in [0, 0.1) is 0 Å². The number of aryl methyl sites for hydroxylation is 1. The van der Waals surface area contributed by atoms with E-state index in [1.54, 1.807) is 12.0 Å². The van der Waals surface area contributed by atoms with E-state index < -0.39 is 0 Å². The molecule has 0 unspecified atom stereocenters. The van der Waals surface area contributed by atoms with Crippen molar-refractivity contribution in [3.8, 4) is 5.75 Å². The van der Waals surface area contributed by atoms with Crippen LogP contribution in [-0.2, 0) is 16.0 Å². The van der Waals surface area contributed by atoms with Crippen LogP contribution in [0.3, 0.4) is 0 Å². The number of benzene rings is 2. The minimum absolute atomic E-state index is 0.101. The molecule has 1 fully saturated rings. The number of ether oxygens (including phenoxy) is 1. The first-order chi connectivity index (χ1) is 15.1. The van der Waals surface area contributed by atoms with E-state index in [0.717, 1.165) is 36.4 Å². The Balaban J connectivity index is 1.36. The molecule has 2 aliphatic rings. The number of rotatable bonds is 6. The van der Waals surface area contributed by atoms with E-state index in [2.05, 4.69) is 6.07 Å². The second-order valence-electron chi connectivity index (χ2n) is 7.49. The fourth-order valence-corrected chi connectivity index (χ4v) is 5.20. The maximum Gasteiger partial charge on any atom is 0.266 e. The molecule has 0 aliphatic carbocycles.